The summed E-state index contributed by atoms with van der Waals surface area (Å²) >= 11 is 0. The topological polar surface area (TPSA) is 27.7 Å². The fraction of sp³-hybridized carbons (Fsp3) is 0.571. The van der Waals surface area contributed by atoms with Crippen molar-refractivity contribution in [1.82, 2.24) is 0 Å². The summed E-state index contributed by atoms with van der Waals surface area (Å²) < 4.78 is 17.8. The van der Waals surface area contributed by atoms with Gasteiger partial charge in [-0.25, -0.2) is 0 Å². The van der Waals surface area contributed by atoms with Crippen LogP contribution in [0.1, 0.15) is 93.6 Å². The summed E-state index contributed by atoms with van der Waals surface area (Å²) in [7, 11) is 0. The van der Waals surface area contributed by atoms with Crippen LogP contribution in [0, 0.1) is 5.92 Å². The molecule has 3 heteroatoms. The van der Waals surface area contributed by atoms with Gasteiger partial charge in [-0.1, -0.05) is 63.1 Å². The molecule has 1 saturated carbocycles. The van der Waals surface area contributed by atoms with Crippen LogP contribution in [0.5, 0.6) is 5.75 Å². The Hall–Kier alpha value is -1.84. The van der Waals surface area contributed by atoms with Gasteiger partial charge in [0.15, 0.2) is 6.29 Å². The summed E-state index contributed by atoms with van der Waals surface area (Å²) in [6, 6.07) is 17.4. The zero-order valence-electron chi connectivity index (χ0n) is 19.2. The van der Waals surface area contributed by atoms with Gasteiger partial charge in [-0.05, 0) is 67.2 Å². The van der Waals surface area contributed by atoms with E-state index in [0.29, 0.717) is 19.1 Å². The van der Waals surface area contributed by atoms with Crippen LogP contribution in [0.2, 0.25) is 0 Å². The van der Waals surface area contributed by atoms with Crippen molar-refractivity contribution in [1.29, 1.82) is 0 Å². The average Bonchev–Trinajstić information content (AvgIpc) is 2.84. The van der Waals surface area contributed by atoms with Crippen LogP contribution in [-0.2, 0) is 9.47 Å². The first kappa shape index (κ1) is 22.4. The van der Waals surface area contributed by atoms with Crippen molar-refractivity contribution in [3.8, 4) is 5.75 Å². The molecule has 0 atom stereocenters. The highest BCUT2D eigenvalue weighted by atomic mass is 16.7. The molecular formula is C28H38O3. The summed E-state index contributed by atoms with van der Waals surface area (Å²) in [5, 5.41) is 0. The lowest BCUT2D eigenvalue weighted by Crippen LogP contribution is -2.25. The molecule has 3 nitrogen and oxygen atoms in total. The van der Waals surface area contributed by atoms with Crippen molar-refractivity contribution < 1.29 is 14.2 Å². The minimum absolute atomic E-state index is 0.283. The van der Waals surface area contributed by atoms with Crippen molar-refractivity contribution in [3.05, 3.63) is 65.2 Å². The summed E-state index contributed by atoms with van der Waals surface area (Å²) in [6.45, 7) is 6.56. The molecular weight excluding hydrogens is 384 g/mol. The maximum Gasteiger partial charge on any atom is 0.183 e. The lowest BCUT2D eigenvalue weighted by Gasteiger charge is -2.31. The molecule has 4 rings (SSSR count). The molecule has 1 aliphatic carbocycles. The molecule has 168 valence electrons. The predicted molar refractivity (Wildman–Crippen MR) is 126 cm³/mol. The molecule has 0 aromatic heterocycles. The first-order valence-corrected chi connectivity index (χ1v) is 12.3. The van der Waals surface area contributed by atoms with E-state index in [2.05, 4.69) is 38.1 Å². The van der Waals surface area contributed by atoms with Crippen molar-refractivity contribution in [2.24, 2.45) is 5.92 Å². The van der Waals surface area contributed by atoms with E-state index in [1.165, 1.54) is 49.7 Å². The summed E-state index contributed by atoms with van der Waals surface area (Å²) in [4.78, 5) is 0. The Bertz CT molecular complexity index is 767. The zero-order chi connectivity index (χ0) is 21.5. The summed E-state index contributed by atoms with van der Waals surface area (Å²) in [6.07, 6.45) is 8.97. The van der Waals surface area contributed by atoms with Crippen LogP contribution in [0.15, 0.2) is 48.5 Å². The minimum atomic E-state index is -0.283. The normalized spacial score (nSPS) is 26.5. The van der Waals surface area contributed by atoms with Crippen LogP contribution >= 0.6 is 0 Å². The standard InChI is InChI=1S/C28H38O3/c1-3-5-21-6-8-22(9-7-21)23-10-12-24(13-11-23)26-19-30-28(31-20-26)25-14-16-27(17-15-25)29-18-4-2/h10-17,21-22,26,28H,3-9,18-20H2,1-2H3/t21-,22-,26?,28?. The lowest BCUT2D eigenvalue weighted by atomic mass is 9.77. The van der Waals surface area contributed by atoms with E-state index in [0.717, 1.165) is 36.2 Å². The molecule has 1 aliphatic heterocycles. The summed E-state index contributed by atoms with van der Waals surface area (Å²) in [5.41, 5.74) is 3.89. The minimum Gasteiger partial charge on any atom is -0.494 e. The van der Waals surface area contributed by atoms with Crippen molar-refractivity contribution in [2.75, 3.05) is 19.8 Å². The Morgan fingerprint density at radius 2 is 1.29 bits per heavy atom. The number of rotatable bonds is 8. The molecule has 2 aromatic rings. The second-order valence-electron chi connectivity index (χ2n) is 9.29. The molecule has 2 fully saturated rings. The number of hydrogen-bond donors (Lipinski definition) is 0. The van der Waals surface area contributed by atoms with Crippen molar-refractivity contribution in [3.63, 3.8) is 0 Å². The van der Waals surface area contributed by atoms with Crippen LogP contribution in [-0.4, -0.2) is 19.8 Å². The second kappa shape index (κ2) is 11.2. The molecule has 0 spiro atoms. The van der Waals surface area contributed by atoms with Crippen LogP contribution in [0.3, 0.4) is 0 Å². The Morgan fingerprint density at radius 3 is 1.87 bits per heavy atom. The van der Waals surface area contributed by atoms with Gasteiger partial charge in [0.25, 0.3) is 0 Å². The van der Waals surface area contributed by atoms with Gasteiger partial charge in [-0.3, -0.25) is 0 Å². The van der Waals surface area contributed by atoms with E-state index >= 15 is 0 Å². The highest BCUT2D eigenvalue weighted by Gasteiger charge is 2.26. The van der Waals surface area contributed by atoms with Gasteiger partial charge in [-0.15, -0.1) is 0 Å². The van der Waals surface area contributed by atoms with E-state index in [9.17, 15) is 0 Å². The van der Waals surface area contributed by atoms with Crippen LogP contribution in [0.4, 0.5) is 0 Å². The maximum absolute atomic E-state index is 6.07. The van der Waals surface area contributed by atoms with Crippen LogP contribution in [0.25, 0.3) is 0 Å². The molecule has 2 aromatic carbocycles. The Balaban J connectivity index is 1.27. The van der Waals surface area contributed by atoms with Gasteiger partial charge < -0.3 is 14.2 Å². The smallest absolute Gasteiger partial charge is 0.183 e. The van der Waals surface area contributed by atoms with Gasteiger partial charge >= 0.3 is 0 Å². The van der Waals surface area contributed by atoms with Gasteiger partial charge in [0.1, 0.15) is 5.75 Å². The number of hydrogen-bond acceptors (Lipinski definition) is 3. The molecule has 1 saturated heterocycles. The molecule has 0 radical (unpaired) electrons. The molecule has 0 bridgehead atoms. The molecule has 0 unspecified atom stereocenters. The number of benzene rings is 2. The largest absolute Gasteiger partial charge is 0.494 e. The van der Waals surface area contributed by atoms with Crippen LogP contribution < -0.4 is 4.74 Å². The molecule has 1 heterocycles. The molecule has 0 amide bonds. The van der Waals surface area contributed by atoms with Gasteiger partial charge in [0.2, 0.25) is 0 Å². The first-order chi connectivity index (χ1) is 15.3. The molecule has 2 aliphatic rings. The van der Waals surface area contributed by atoms with E-state index in [1.54, 1.807) is 0 Å². The first-order valence-electron chi connectivity index (χ1n) is 12.3. The van der Waals surface area contributed by atoms with Gasteiger partial charge in [0, 0.05) is 11.5 Å². The second-order valence-corrected chi connectivity index (χ2v) is 9.29. The fourth-order valence-electron chi connectivity index (χ4n) is 5.06. The fourth-order valence-corrected chi connectivity index (χ4v) is 5.06. The Labute approximate surface area is 188 Å². The van der Waals surface area contributed by atoms with Gasteiger partial charge in [0.05, 0.1) is 19.8 Å². The molecule has 31 heavy (non-hydrogen) atoms. The van der Waals surface area contributed by atoms with E-state index in [1.807, 2.05) is 24.3 Å². The summed E-state index contributed by atoms with van der Waals surface area (Å²) in [5.74, 6) is 2.91. The van der Waals surface area contributed by atoms with E-state index < -0.39 is 0 Å². The monoisotopic (exact) mass is 422 g/mol. The zero-order valence-corrected chi connectivity index (χ0v) is 19.2. The lowest BCUT2D eigenvalue weighted by molar-refractivity contribution is -0.191. The Kier molecular flexibility index (Phi) is 8.04. The average molecular weight is 423 g/mol. The SMILES string of the molecule is CCCOc1ccc(C2OCC(c3ccc([C@H]4CC[C@H](CCC)CC4)cc3)CO2)cc1. The Morgan fingerprint density at radius 1 is 0.710 bits per heavy atom. The highest BCUT2D eigenvalue weighted by molar-refractivity contribution is 5.30. The maximum atomic E-state index is 6.07. The van der Waals surface area contributed by atoms with E-state index in [4.69, 9.17) is 14.2 Å². The highest BCUT2D eigenvalue weighted by Crippen LogP contribution is 2.38. The molecule has 0 N–H and O–H groups in total. The third-order valence-electron chi connectivity index (χ3n) is 6.95. The van der Waals surface area contributed by atoms with E-state index in [-0.39, 0.29) is 6.29 Å². The predicted octanol–water partition coefficient (Wildman–Crippen LogP) is 7.38. The number of ether oxygens (including phenoxy) is 3. The van der Waals surface area contributed by atoms with Gasteiger partial charge in [-0.2, -0.15) is 0 Å². The van der Waals surface area contributed by atoms with Crippen molar-refractivity contribution in [2.45, 2.75) is 76.9 Å². The van der Waals surface area contributed by atoms with Crippen molar-refractivity contribution >= 4 is 0 Å². The third-order valence-corrected chi connectivity index (χ3v) is 6.95. The third kappa shape index (κ3) is 5.90. The quantitative estimate of drug-likeness (QED) is 0.444.